The van der Waals surface area contributed by atoms with Gasteiger partial charge in [-0.25, -0.2) is 4.79 Å². The summed E-state index contributed by atoms with van der Waals surface area (Å²) >= 11 is 0. The molecule has 0 aliphatic heterocycles. The van der Waals surface area contributed by atoms with Gasteiger partial charge in [0.1, 0.15) is 0 Å². The number of carbonyl (C=O) groups excluding carboxylic acids is 1. The van der Waals surface area contributed by atoms with Crippen LogP contribution in [0.3, 0.4) is 0 Å². The van der Waals surface area contributed by atoms with Crippen molar-refractivity contribution in [3.8, 4) is 0 Å². The fourth-order valence-corrected chi connectivity index (χ4v) is 2.38. The molecule has 0 spiro atoms. The van der Waals surface area contributed by atoms with Gasteiger partial charge in [-0.05, 0) is 25.5 Å². The highest BCUT2D eigenvalue weighted by atomic mass is 16.5. The molecule has 0 aromatic carbocycles. The highest BCUT2D eigenvalue weighted by Crippen LogP contribution is 2.42. The van der Waals surface area contributed by atoms with Gasteiger partial charge in [-0.15, -0.1) is 0 Å². The van der Waals surface area contributed by atoms with E-state index in [1.807, 2.05) is 13.0 Å². The van der Waals surface area contributed by atoms with E-state index in [9.17, 15) is 4.79 Å². The average Bonchev–Trinajstić information content (AvgIpc) is 2.39. The standard InChI is InChI=1S/C14H21N3O2/c1-4-19-12-8-11(14(12,2)3)17-13(18)16-10-6-5-7-15-9-10/h5-7,9,11-12H,4,8H2,1-3H3,(H2,16,17,18)/t11-,12+/m0/s1. The van der Waals surface area contributed by atoms with Crippen molar-refractivity contribution < 1.29 is 9.53 Å². The van der Waals surface area contributed by atoms with Crippen molar-refractivity contribution in [1.82, 2.24) is 10.3 Å². The second kappa shape index (κ2) is 5.57. The summed E-state index contributed by atoms with van der Waals surface area (Å²) in [6, 6.07) is 3.54. The third-order valence-corrected chi connectivity index (χ3v) is 3.77. The van der Waals surface area contributed by atoms with E-state index in [1.165, 1.54) is 0 Å². The number of carbonyl (C=O) groups is 1. The maximum atomic E-state index is 11.9. The molecule has 0 saturated heterocycles. The second-order valence-electron chi connectivity index (χ2n) is 5.39. The number of nitrogens with one attached hydrogen (secondary N) is 2. The van der Waals surface area contributed by atoms with Crippen LogP contribution >= 0.6 is 0 Å². The van der Waals surface area contributed by atoms with Crippen LogP contribution in [0, 0.1) is 5.41 Å². The lowest BCUT2D eigenvalue weighted by Crippen LogP contribution is -2.62. The van der Waals surface area contributed by atoms with Crippen molar-refractivity contribution in [2.75, 3.05) is 11.9 Å². The Hall–Kier alpha value is -1.62. The molecule has 5 nitrogen and oxygen atoms in total. The molecule has 1 aliphatic rings. The summed E-state index contributed by atoms with van der Waals surface area (Å²) in [6.45, 7) is 6.94. The summed E-state index contributed by atoms with van der Waals surface area (Å²) in [6.07, 6.45) is 4.38. The van der Waals surface area contributed by atoms with Gasteiger partial charge in [-0.2, -0.15) is 0 Å². The summed E-state index contributed by atoms with van der Waals surface area (Å²) in [5.41, 5.74) is 0.668. The molecule has 2 atom stereocenters. The van der Waals surface area contributed by atoms with Crippen LogP contribution in [0.2, 0.25) is 0 Å². The van der Waals surface area contributed by atoms with Gasteiger partial charge in [-0.1, -0.05) is 13.8 Å². The first-order valence-electron chi connectivity index (χ1n) is 6.63. The largest absolute Gasteiger partial charge is 0.378 e. The topological polar surface area (TPSA) is 63.2 Å². The molecule has 2 amide bonds. The highest BCUT2D eigenvalue weighted by Gasteiger charge is 2.49. The van der Waals surface area contributed by atoms with E-state index in [-0.39, 0.29) is 23.6 Å². The van der Waals surface area contributed by atoms with Crippen molar-refractivity contribution in [3.05, 3.63) is 24.5 Å². The Morgan fingerprint density at radius 2 is 2.37 bits per heavy atom. The minimum absolute atomic E-state index is 0.0255. The Morgan fingerprint density at radius 1 is 1.58 bits per heavy atom. The Bertz CT molecular complexity index is 434. The zero-order valence-corrected chi connectivity index (χ0v) is 11.6. The van der Waals surface area contributed by atoms with E-state index in [1.54, 1.807) is 18.5 Å². The van der Waals surface area contributed by atoms with E-state index >= 15 is 0 Å². The number of ether oxygens (including phenoxy) is 1. The van der Waals surface area contributed by atoms with Gasteiger partial charge in [0, 0.05) is 24.3 Å². The molecular formula is C14H21N3O2. The van der Waals surface area contributed by atoms with E-state index in [4.69, 9.17) is 4.74 Å². The number of pyridine rings is 1. The highest BCUT2D eigenvalue weighted by molar-refractivity contribution is 5.89. The molecule has 5 heteroatoms. The Kier molecular flexibility index (Phi) is 4.04. The number of hydrogen-bond donors (Lipinski definition) is 2. The van der Waals surface area contributed by atoms with Gasteiger partial charge >= 0.3 is 6.03 Å². The average molecular weight is 263 g/mol. The van der Waals surface area contributed by atoms with E-state index < -0.39 is 0 Å². The van der Waals surface area contributed by atoms with E-state index in [0.717, 1.165) is 6.42 Å². The molecule has 1 fully saturated rings. The Balaban J connectivity index is 1.84. The molecule has 19 heavy (non-hydrogen) atoms. The minimum Gasteiger partial charge on any atom is -0.378 e. The molecule has 2 N–H and O–H groups in total. The van der Waals surface area contributed by atoms with Gasteiger partial charge in [0.15, 0.2) is 0 Å². The molecule has 0 bridgehead atoms. The van der Waals surface area contributed by atoms with Crippen LogP contribution in [-0.2, 0) is 4.74 Å². The normalized spacial score (nSPS) is 24.4. The number of hydrogen-bond acceptors (Lipinski definition) is 3. The zero-order valence-electron chi connectivity index (χ0n) is 11.6. The monoisotopic (exact) mass is 263 g/mol. The van der Waals surface area contributed by atoms with Crippen molar-refractivity contribution in [3.63, 3.8) is 0 Å². The number of anilines is 1. The third-order valence-electron chi connectivity index (χ3n) is 3.77. The Morgan fingerprint density at radius 3 is 2.95 bits per heavy atom. The summed E-state index contributed by atoms with van der Waals surface area (Å²) in [5, 5.41) is 5.76. The molecule has 1 aromatic heterocycles. The number of rotatable bonds is 4. The van der Waals surface area contributed by atoms with Crippen LogP contribution < -0.4 is 10.6 Å². The van der Waals surface area contributed by atoms with Crippen LogP contribution in [0.5, 0.6) is 0 Å². The van der Waals surface area contributed by atoms with Gasteiger partial charge in [0.2, 0.25) is 0 Å². The molecule has 0 radical (unpaired) electrons. The second-order valence-corrected chi connectivity index (χ2v) is 5.39. The summed E-state index contributed by atoms with van der Waals surface area (Å²) < 4.78 is 5.64. The van der Waals surface area contributed by atoms with Crippen molar-refractivity contribution in [2.24, 2.45) is 5.41 Å². The van der Waals surface area contributed by atoms with Crippen LogP contribution in [-0.4, -0.2) is 29.8 Å². The number of urea groups is 1. The summed E-state index contributed by atoms with van der Waals surface area (Å²) in [7, 11) is 0. The zero-order chi connectivity index (χ0) is 13.9. The molecule has 0 unspecified atom stereocenters. The Labute approximate surface area is 113 Å². The predicted molar refractivity (Wildman–Crippen MR) is 74.0 cm³/mol. The number of aromatic nitrogens is 1. The maximum absolute atomic E-state index is 11.9. The number of nitrogens with zero attached hydrogens (tertiary/aromatic N) is 1. The molecule has 1 aliphatic carbocycles. The SMILES string of the molecule is CCO[C@@H]1C[C@H](NC(=O)Nc2cccnc2)C1(C)C. The van der Waals surface area contributed by atoms with Gasteiger partial charge < -0.3 is 15.4 Å². The van der Waals surface area contributed by atoms with Crippen LogP contribution in [0.25, 0.3) is 0 Å². The van der Waals surface area contributed by atoms with E-state index in [2.05, 4.69) is 29.5 Å². The van der Waals surface area contributed by atoms with Crippen molar-refractivity contribution in [1.29, 1.82) is 0 Å². The summed E-state index contributed by atoms with van der Waals surface area (Å²) in [4.78, 5) is 15.8. The first kappa shape index (κ1) is 13.8. The molecule has 1 aromatic rings. The maximum Gasteiger partial charge on any atom is 0.319 e. The lowest BCUT2D eigenvalue weighted by Gasteiger charge is -2.51. The van der Waals surface area contributed by atoms with E-state index in [0.29, 0.717) is 12.3 Å². The lowest BCUT2D eigenvalue weighted by molar-refractivity contribution is -0.110. The molecule has 1 heterocycles. The quantitative estimate of drug-likeness (QED) is 0.876. The molecular weight excluding hydrogens is 242 g/mol. The van der Waals surface area contributed by atoms with Crippen molar-refractivity contribution in [2.45, 2.75) is 39.3 Å². The van der Waals surface area contributed by atoms with Crippen LogP contribution in [0.1, 0.15) is 27.2 Å². The van der Waals surface area contributed by atoms with Gasteiger partial charge in [0.05, 0.1) is 18.0 Å². The first-order valence-corrected chi connectivity index (χ1v) is 6.63. The van der Waals surface area contributed by atoms with Crippen molar-refractivity contribution >= 4 is 11.7 Å². The van der Waals surface area contributed by atoms with Gasteiger partial charge in [0.25, 0.3) is 0 Å². The molecule has 2 rings (SSSR count). The minimum atomic E-state index is -0.193. The fraction of sp³-hybridized carbons (Fsp3) is 0.571. The predicted octanol–water partition coefficient (Wildman–Crippen LogP) is 2.41. The third kappa shape index (κ3) is 3.04. The molecule has 1 saturated carbocycles. The van der Waals surface area contributed by atoms with Gasteiger partial charge in [-0.3, -0.25) is 4.98 Å². The number of amides is 2. The summed E-state index contributed by atoms with van der Waals surface area (Å²) in [5.74, 6) is 0. The fourth-order valence-electron chi connectivity index (χ4n) is 2.38. The lowest BCUT2D eigenvalue weighted by atomic mass is 9.64. The first-order chi connectivity index (χ1) is 9.04. The van der Waals surface area contributed by atoms with Crippen LogP contribution in [0.15, 0.2) is 24.5 Å². The molecule has 104 valence electrons. The smallest absolute Gasteiger partial charge is 0.319 e. The van der Waals surface area contributed by atoms with Crippen LogP contribution in [0.4, 0.5) is 10.5 Å².